The zero-order chi connectivity index (χ0) is 26.6. The SMILES string of the molecule is CC(=O)OC1CC2C3CCC4C(O)C(NC(=O)C=C(C)C)CCC4(C)C3CCC2(C)C1C(C)N(C)C. The predicted molar refractivity (Wildman–Crippen MR) is 142 cm³/mol. The van der Waals surface area contributed by atoms with Crippen LogP contribution in [0.15, 0.2) is 11.6 Å². The number of nitrogens with one attached hydrogen (secondary N) is 1. The van der Waals surface area contributed by atoms with Crippen LogP contribution in [0.1, 0.15) is 86.5 Å². The molecular formula is C30H50N2O4. The van der Waals surface area contributed by atoms with Gasteiger partial charge in [-0.05, 0) is 114 Å². The molecule has 0 bridgehead atoms. The Morgan fingerprint density at radius 1 is 1.00 bits per heavy atom. The molecule has 1 amide bonds. The summed E-state index contributed by atoms with van der Waals surface area (Å²) in [6, 6.07) is 0.177. The Morgan fingerprint density at radius 3 is 2.28 bits per heavy atom. The number of aliphatic hydroxyl groups excluding tert-OH is 1. The maximum Gasteiger partial charge on any atom is 0.302 e. The molecule has 4 fully saturated rings. The van der Waals surface area contributed by atoms with E-state index >= 15 is 0 Å². The second kappa shape index (κ2) is 10.1. The highest BCUT2D eigenvalue weighted by molar-refractivity contribution is 5.88. The lowest BCUT2D eigenvalue weighted by Gasteiger charge is -2.62. The van der Waals surface area contributed by atoms with Gasteiger partial charge in [-0.25, -0.2) is 0 Å². The summed E-state index contributed by atoms with van der Waals surface area (Å²) in [6.45, 7) is 12.6. The minimum atomic E-state index is -0.494. The van der Waals surface area contributed by atoms with E-state index in [0.29, 0.717) is 29.7 Å². The molecule has 11 unspecified atom stereocenters. The average Bonchev–Trinajstić information content (AvgIpc) is 3.05. The van der Waals surface area contributed by atoms with Crippen molar-refractivity contribution in [2.24, 2.45) is 40.4 Å². The van der Waals surface area contributed by atoms with Gasteiger partial charge >= 0.3 is 5.97 Å². The minimum Gasteiger partial charge on any atom is -0.462 e. The standard InChI is InChI=1S/C30H50N2O4/c1-17(2)15-26(34)31-24-12-14-29(5)21-11-13-30(6)23(20(21)9-10-22(29)28(24)35)16-25(36-19(4)33)27(30)18(3)32(7)8/h15,18,20-25,27-28,35H,9-14,16H2,1-8H3,(H,31,34). The monoisotopic (exact) mass is 502 g/mol. The van der Waals surface area contributed by atoms with Gasteiger partial charge in [-0.3, -0.25) is 9.59 Å². The number of amides is 1. The Bertz CT molecular complexity index is 882. The number of esters is 1. The number of carbonyl (C=O) groups is 2. The van der Waals surface area contributed by atoms with Gasteiger partial charge in [0.1, 0.15) is 6.10 Å². The van der Waals surface area contributed by atoms with Crippen LogP contribution in [-0.4, -0.2) is 60.3 Å². The van der Waals surface area contributed by atoms with Crippen LogP contribution in [-0.2, 0) is 14.3 Å². The molecular weight excluding hydrogens is 452 g/mol. The van der Waals surface area contributed by atoms with Crippen LogP contribution in [0.3, 0.4) is 0 Å². The van der Waals surface area contributed by atoms with Gasteiger partial charge in [0.15, 0.2) is 0 Å². The zero-order valence-electron chi connectivity index (χ0n) is 23.8. The topological polar surface area (TPSA) is 78.9 Å². The van der Waals surface area contributed by atoms with E-state index in [1.165, 1.54) is 6.42 Å². The van der Waals surface area contributed by atoms with Gasteiger partial charge in [-0.1, -0.05) is 19.4 Å². The van der Waals surface area contributed by atoms with Crippen molar-refractivity contribution in [2.75, 3.05) is 14.1 Å². The van der Waals surface area contributed by atoms with Crippen molar-refractivity contribution < 1.29 is 19.4 Å². The average molecular weight is 503 g/mol. The van der Waals surface area contributed by atoms with Gasteiger partial charge in [-0.15, -0.1) is 0 Å². The van der Waals surface area contributed by atoms with Gasteiger partial charge in [0.2, 0.25) is 5.91 Å². The van der Waals surface area contributed by atoms with Gasteiger partial charge in [-0.2, -0.15) is 0 Å². The Balaban J connectivity index is 1.56. The molecule has 11 atom stereocenters. The molecule has 36 heavy (non-hydrogen) atoms. The van der Waals surface area contributed by atoms with Gasteiger partial charge in [0, 0.05) is 25.0 Å². The molecule has 4 rings (SSSR count). The zero-order valence-corrected chi connectivity index (χ0v) is 23.8. The molecule has 4 aliphatic rings. The molecule has 0 spiro atoms. The van der Waals surface area contributed by atoms with Crippen molar-refractivity contribution in [3.63, 3.8) is 0 Å². The second-order valence-corrected chi connectivity index (χ2v) is 13.6. The van der Waals surface area contributed by atoms with Crippen LogP contribution in [0.4, 0.5) is 0 Å². The van der Waals surface area contributed by atoms with E-state index in [4.69, 9.17) is 4.74 Å². The third-order valence-corrected chi connectivity index (χ3v) is 11.2. The van der Waals surface area contributed by atoms with Crippen molar-refractivity contribution >= 4 is 11.9 Å². The highest BCUT2D eigenvalue weighted by Gasteiger charge is 2.64. The molecule has 0 aliphatic heterocycles. The van der Waals surface area contributed by atoms with E-state index in [9.17, 15) is 14.7 Å². The molecule has 6 heteroatoms. The first kappa shape index (κ1) is 27.6. The summed E-state index contributed by atoms with van der Waals surface area (Å²) in [7, 11) is 4.28. The van der Waals surface area contributed by atoms with E-state index in [-0.39, 0.29) is 40.8 Å². The highest BCUT2D eigenvalue weighted by Crippen LogP contribution is 2.68. The molecule has 6 nitrogen and oxygen atoms in total. The third-order valence-electron chi connectivity index (χ3n) is 11.2. The molecule has 2 N–H and O–H groups in total. The fourth-order valence-electron chi connectivity index (χ4n) is 9.52. The van der Waals surface area contributed by atoms with Crippen LogP contribution in [0, 0.1) is 40.4 Å². The first-order valence-corrected chi connectivity index (χ1v) is 14.3. The molecule has 4 aliphatic carbocycles. The normalized spacial score (nSPS) is 44.6. The largest absolute Gasteiger partial charge is 0.462 e. The maximum absolute atomic E-state index is 12.4. The summed E-state index contributed by atoms with van der Waals surface area (Å²) in [5.74, 6) is 2.01. The molecule has 0 aromatic carbocycles. The minimum absolute atomic E-state index is 0.0224. The number of rotatable bonds is 5. The number of allylic oxidation sites excluding steroid dienone is 1. The number of nitrogens with zero attached hydrogens (tertiary/aromatic N) is 1. The Hall–Kier alpha value is -1.40. The van der Waals surface area contributed by atoms with Crippen molar-refractivity contribution in [1.29, 1.82) is 0 Å². The predicted octanol–water partition coefficient (Wildman–Crippen LogP) is 4.56. The molecule has 0 radical (unpaired) electrons. The molecule has 0 saturated heterocycles. The maximum atomic E-state index is 12.4. The molecule has 0 heterocycles. The van der Waals surface area contributed by atoms with E-state index in [0.717, 1.165) is 44.1 Å². The number of hydrogen-bond donors (Lipinski definition) is 2. The number of ether oxygens (including phenoxy) is 1. The summed E-state index contributed by atoms with van der Waals surface area (Å²) >= 11 is 0. The number of fused-ring (bicyclic) bond motifs is 5. The highest BCUT2D eigenvalue weighted by atomic mass is 16.5. The number of aliphatic hydroxyl groups is 1. The quantitative estimate of drug-likeness (QED) is 0.426. The lowest BCUT2D eigenvalue weighted by molar-refractivity contribution is -0.157. The van der Waals surface area contributed by atoms with Crippen LogP contribution >= 0.6 is 0 Å². The molecule has 0 aromatic heterocycles. The van der Waals surface area contributed by atoms with E-state index in [1.54, 1.807) is 13.0 Å². The van der Waals surface area contributed by atoms with Gasteiger partial charge < -0.3 is 20.1 Å². The molecule has 4 saturated carbocycles. The summed E-state index contributed by atoms with van der Waals surface area (Å²) in [5, 5.41) is 14.6. The third kappa shape index (κ3) is 4.66. The smallest absolute Gasteiger partial charge is 0.302 e. The summed E-state index contributed by atoms with van der Waals surface area (Å²) in [4.78, 5) is 26.8. The van der Waals surface area contributed by atoms with Crippen molar-refractivity contribution in [3.8, 4) is 0 Å². The van der Waals surface area contributed by atoms with E-state index < -0.39 is 6.10 Å². The van der Waals surface area contributed by atoms with Crippen molar-refractivity contribution in [3.05, 3.63) is 11.6 Å². The first-order valence-electron chi connectivity index (χ1n) is 14.3. The Kier molecular flexibility index (Phi) is 7.72. The lowest BCUT2D eigenvalue weighted by Crippen LogP contribution is -2.61. The van der Waals surface area contributed by atoms with Crippen molar-refractivity contribution in [2.45, 2.75) is 111 Å². The Morgan fingerprint density at radius 2 is 1.67 bits per heavy atom. The summed E-state index contributed by atoms with van der Waals surface area (Å²) in [6.07, 6.45) is 8.40. The van der Waals surface area contributed by atoms with Gasteiger partial charge in [0.05, 0.1) is 12.1 Å². The number of hydrogen-bond acceptors (Lipinski definition) is 5. The van der Waals surface area contributed by atoms with Crippen molar-refractivity contribution in [1.82, 2.24) is 10.2 Å². The van der Waals surface area contributed by atoms with Gasteiger partial charge in [0.25, 0.3) is 0 Å². The number of carbonyl (C=O) groups excluding carboxylic acids is 2. The van der Waals surface area contributed by atoms with Crippen LogP contribution in [0.25, 0.3) is 0 Å². The second-order valence-electron chi connectivity index (χ2n) is 13.6. The molecule has 204 valence electrons. The van der Waals surface area contributed by atoms with E-state index in [1.807, 2.05) is 13.8 Å². The Labute approximate surface area is 218 Å². The van der Waals surface area contributed by atoms with Crippen LogP contribution < -0.4 is 5.32 Å². The fourth-order valence-corrected chi connectivity index (χ4v) is 9.52. The fraction of sp³-hybridized carbons (Fsp3) is 0.867. The lowest BCUT2D eigenvalue weighted by atomic mass is 9.44. The first-order chi connectivity index (χ1) is 16.8. The van der Waals surface area contributed by atoms with E-state index in [2.05, 4.69) is 45.1 Å². The van der Waals surface area contributed by atoms with Crippen LogP contribution in [0.2, 0.25) is 0 Å². The van der Waals surface area contributed by atoms with Crippen LogP contribution in [0.5, 0.6) is 0 Å². The molecule has 0 aromatic rings. The summed E-state index contributed by atoms with van der Waals surface area (Å²) in [5.41, 5.74) is 1.21. The summed E-state index contributed by atoms with van der Waals surface area (Å²) < 4.78 is 6.01.